The van der Waals surface area contributed by atoms with Crippen LogP contribution < -0.4 is 4.72 Å². The van der Waals surface area contributed by atoms with Crippen LogP contribution in [-0.4, -0.2) is 64.5 Å². The minimum absolute atomic E-state index is 0.0122. The first-order chi connectivity index (χ1) is 10.2. The highest BCUT2D eigenvalue weighted by molar-refractivity contribution is 7.89. The molecule has 0 amide bonds. The molecule has 0 saturated carbocycles. The number of aryl methyl sites for hydroxylation is 1. The van der Waals surface area contributed by atoms with Crippen molar-refractivity contribution in [3.05, 3.63) is 29.3 Å². The van der Waals surface area contributed by atoms with E-state index in [1.807, 2.05) is 14.1 Å². The molecule has 1 atom stereocenters. The van der Waals surface area contributed by atoms with Gasteiger partial charge in [-0.1, -0.05) is 0 Å². The van der Waals surface area contributed by atoms with Crippen LogP contribution in [0.15, 0.2) is 17.0 Å². The van der Waals surface area contributed by atoms with Gasteiger partial charge in [-0.2, -0.15) is 0 Å². The van der Waals surface area contributed by atoms with E-state index >= 15 is 0 Å². The summed E-state index contributed by atoms with van der Waals surface area (Å²) in [6.07, 6.45) is 0. The highest BCUT2D eigenvalue weighted by Gasteiger charge is 2.26. The molecular formula is C14H21F2N3O2S. The molecule has 1 aromatic carbocycles. The Kier molecular flexibility index (Phi) is 5.16. The fourth-order valence-corrected chi connectivity index (χ4v) is 3.66. The summed E-state index contributed by atoms with van der Waals surface area (Å²) in [6, 6.07) is 1.63. The zero-order valence-electron chi connectivity index (χ0n) is 12.9. The smallest absolute Gasteiger partial charge is 0.243 e. The van der Waals surface area contributed by atoms with E-state index in [2.05, 4.69) is 14.5 Å². The van der Waals surface area contributed by atoms with E-state index in [-0.39, 0.29) is 18.2 Å². The zero-order valence-corrected chi connectivity index (χ0v) is 13.8. The minimum atomic E-state index is -4.01. The van der Waals surface area contributed by atoms with Crippen LogP contribution in [0.5, 0.6) is 0 Å². The third-order valence-corrected chi connectivity index (χ3v) is 5.43. The molecule has 1 aliphatic heterocycles. The van der Waals surface area contributed by atoms with Crippen molar-refractivity contribution in [3.8, 4) is 0 Å². The van der Waals surface area contributed by atoms with Crippen LogP contribution in [0.1, 0.15) is 5.56 Å². The standard InChI is InChI=1S/C14H21F2N3O2S/c1-10-6-14(13(16)7-12(10)15)22(20,21)17-8-11-9-18(2)4-5-19(11)3/h6-7,11,17H,4-5,8-9H2,1-3H3/t11-/m0/s1. The summed E-state index contributed by atoms with van der Waals surface area (Å²) in [4.78, 5) is 3.66. The number of nitrogens with one attached hydrogen (secondary N) is 1. The van der Waals surface area contributed by atoms with Gasteiger partial charge >= 0.3 is 0 Å². The fourth-order valence-electron chi connectivity index (χ4n) is 2.44. The Labute approximate surface area is 130 Å². The lowest BCUT2D eigenvalue weighted by Crippen LogP contribution is -2.54. The Morgan fingerprint density at radius 2 is 1.91 bits per heavy atom. The number of sulfonamides is 1. The van der Waals surface area contributed by atoms with E-state index in [1.54, 1.807) is 0 Å². The first-order valence-corrected chi connectivity index (χ1v) is 8.53. The summed E-state index contributed by atoms with van der Waals surface area (Å²) in [5, 5.41) is 0. The third kappa shape index (κ3) is 3.81. The second-order valence-electron chi connectivity index (χ2n) is 5.78. The van der Waals surface area contributed by atoms with E-state index in [9.17, 15) is 17.2 Å². The van der Waals surface area contributed by atoms with Crippen molar-refractivity contribution in [1.29, 1.82) is 0 Å². The molecule has 0 radical (unpaired) electrons. The topological polar surface area (TPSA) is 52.7 Å². The fraction of sp³-hybridized carbons (Fsp3) is 0.571. The Morgan fingerprint density at radius 3 is 2.59 bits per heavy atom. The van der Waals surface area contributed by atoms with E-state index in [4.69, 9.17) is 0 Å². The summed E-state index contributed by atoms with van der Waals surface area (Å²) < 4.78 is 53.9. The van der Waals surface area contributed by atoms with Gasteiger partial charge in [0.1, 0.15) is 16.5 Å². The lowest BCUT2D eigenvalue weighted by molar-refractivity contribution is 0.117. The van der Waals surface area contributed by atoms with Gasteiger partial charge < -0.3 is 4.90 Å². The Bertz CT molecular complexity index is 652. The molecule has 1 aliphatic rings. The van der Waals surface area contributed by atoms with Crippen LogP contribution >= 0.6 is 0 Å². The van der Waals surface area contributed by atoms with Crippen LogP contribution in [0.25, 0.3) is 0 Å². The molecule has 0 unspecified atom stereocenters. The predicted octanol–water partition coefficient (Wildman–Crippen LogP) is 0.797. The lowest BCUT2D eigenvalue weighted by atomic mass is 10.2. The molecule has 1 N–H and O–H groups in total. The molecule has 0 aromatic heterocycles. The number of hydrogen-bond donors (Lipinski definition) is 1. The number of rotatable bonds is 4. The summed E-state index contributed by atoms with van der Waals surface area (Å²) in [6.45, 7) is 4.07. The molecule has 8 heteroatoms. The van der Waals surface area contributed by atoms with E-state index in [0.717, 1.165) is 25.7 Å². The SMILES string of the molecule is Cc1cc(S(=O)(=O)NC[C@H]2CN(C)CCN2C)c(F)cc1F. The van der Waals surface area contributed by atoms with Gasteiger partial charge in [0, 0.05) is 38.3 Å². The normalized spacial score (nSPS) is 21.2. The second-order valence-corrected chi connectivity index (χ2v) is 7.52. The quantitative estimate of drug-likeness (QED) is 0.885. The number of benzene rings is 1. The highest BCUT2D eigenvalue weighted by Crippen LogP contribution is 2.19. The average molecular weight is 333 g/mol. The molecule has 1 heterocycles. The summed E-state index contributed by atoms with van der Waals surface area (Å²) in [5.41, 5.74) is 0.0938. The molecule has 22 heavy (non-hydrogen) atoms. The molecule has 0 bridgehead atoms. The number of hydrogen-bond acceptors (Lipinski definition) is 4. The minimum Gasteiger partial charge on any atom is -0.303 e. The maximum atomic E-state index is 13.8. The maximum Gasteiger partial charge on any atom is 0.243 e. The lowest BCUT2D eigenvalue weighted by Gasteiger charge is -2.37. The van der Waals surface area contributed by atoms with Gasteiger partial charge in [-0.25, -0.2) is 21.9 Å². The van der Waals surface area contributed by atoms with Crippen LogP contribution in [0, 0.1) is 18.6 Å². The van der Waals surface area contributed by atoms with Gasteiger partial charge in [0.15, 0.2) is 0 Å². The molecular weight excluding hydrogens is 312 g/mol. The van der Waals surface area contributed by atoms with Gasteiger partial charge in [0.25, 0.3) is 0 Å². The van der Waals surface area contributed by atoms with Crippen LogP contribution in [-0.2, 0) is 10.0 Å². The Balaban J connectivity index is 2.13. The van der Waals surface area contributed by atoms with Gasteiger partial charge in [-0.05, 0) is 32.6 Å². The molecule has 5 nitrogen and oxygen atoms in total. The van der Waals surface area contributed by atoms with Gasteiger partial charge in [0.2, 0.25) is 10.0 Å². The Hall–Kier alpha value is -1.09. The number of piperazine rings is 1. The van der Waals surface area contributed by atoms with E-state index < -0.39 is 26.6 Å². The van der Waals surface area contributed by atoms with Crippen LogP contribution in [0.3, 0.4) is 0 Å². The second kappa shape index (κ2) is 6.57. The number of halogens is 2. The van der Waals surface area contributed by atoms with Crippen LogP contribution in [0.4, 0.5) is 8.78 Å². The summed E-state index contributed by atoms with van der Waals surface area (Å²) in [7, 11) is -0.112. The number of nitrogens with zero attached hydrogens (tertiary/aromatic N) is 2. The van der Waals surface area contributed by atoms with E-state index in [1.165, 1.54) is 6.92 Å². The van der Waals surface area contributed by atoms with Crippen molar-refractivity contribution in [3.63, 3.8) is 0 Å². The van der Waals surface area contributed by atoms with Crippen molar-refractivity contribution in [2.24, 2.45) is 0 Å². The average Bonchev–Trinajstić information content (AvgIpc) is 2.43. The summed E-state index contributed by atoms with van der Waals surface area (Å²) >= 11 is 0. The predicted molar refractivity (Wildman–Crippen MR) is 80.2 cm³/mol. The van der Waals surface area contributed by atoms with E-state index in [0.29, 0.717) is 6.07 Å². The first kappa shape index (κ1) is 17.3. The largest absolute Gasteiger partial charge is 0.303 e. The third-order valence-electron chi connectivity index (χ3n) is 3.99. The van der Waals surface area contributed by atoms with Gasteiger partial charge in [-0.15, -0.1) is 0 Å². The maximum absolute atomic E-state index is 13.8. The van der Waals surface area contributed by atoms with Crippen molar-refractivity contribution < 1.29 is 17.2 Å². The van der Waals surface area contributed by atoms with Crippen molar-refractivity contribution in [2.45, 2.75) is 17.9 Å². The molecule has 124 valence electrons. The molecule has 1 saturated heterocycles. The van der Waals surface area contributed by atoms with Gasteiger partial charge in [-0.3, -0.25) is 4.90 Å². The van der Waals surface area contributed by atoms with Crippen molar-refractivity contribution in [2.75, 3.05) is 40.3 Å². The Morgan fingerprint density at radius 1 is 1.23 bits per heavy atom. The molecule has 0 spiro atoms. The molecule has 1 fully saturated rings. The monoisotopic (exact) mass is 333 g/mol. The van der Waals surface area contributed by atoms with Crippen LogP contribution in [0.2, 0.25) is 0 Å². The van der Waals surface area contributed by atoms with Crippen molar-refractivity contribution >= 4 is 10.0 Å². The molecule has 0 aliphatic carbocycles. The first-order valence-electron chi connectivity index (χ1n) is 7.05. The van der Waals surface area contributed by atoms with Gasteiger partial charge in [0.05, 0.1) is 0 Å². The van der Waals surface area contributed by atoms with Crippen molar-refractivity contribution in [1.82, 2.24) is 14.5 Å². The highest BCUT2D eigenvalue weighted by atomic mass is 32.2. The molecule has 1 aromatic rings. The molecule has 2 rings (SSSR count). The zero-order chi connectivity index (χ0) is 16.5. The summed E-state index contributed by atoms with van der Waals surface area (Å²) in [5.74, 6) is -1.84. The number of likely N-dealkylation sites (N-methyl/N-ethyl adjacent to an activating group) is 2.